The maximum absolute atomic E-state index is 12.4. The third-order valence-electron chi connectivity index (χ3n) is 5.11. The van der Waals surface area contributed by atoms with Crippen molar-refractivity contribution in [1.29, 1.82) is 0 Å². The first-order valence-corrected chi connectivity index (χ1v) is 11.2. The number of likely N-dealkylation sites (tertiary alicyclic amines) is 1. The molecule has 0 bridgehead atoms. The predicted octanol–water partition coefficient (Wildman–Crippen LogP) is 3.55. The molecule has 0 radical (unpaired) electrons. The van der Waals surface area contributed by atoms with E-state index in [9.17, 15) is 9.59 Å². The van der Waals surface area contributed by atoms with E-state index in [1.54, 1.807) is 0 Å². The van der Waals surface area contributed by atoms with E-state index in [1.807, 2.05) is 48.4 Å². The Hall–Kier alpha value is -2.35. The molecular formula is C21H29N5O2S. The fourth-order valence-electron chi connectivity index (χ4n) is 3.42. The van der Waals surface area contributed by atoms with E-state index in [4.69, 9.17) is 0 Å². The Balaban J connectivity index is 1.61. The molecule has 156 valence electrons. The third kappa shape index (κ3) is 5.59. The van der Waals surface area contributed by atoms with Crippen molar-refractivity contribution in [2.75, 3.05) is 17.6 Å². The maximum atomic E-state index is 12.4. The maximum Gasteiger partial charge on any atom is 0.234 e. The second-order valence-corrected chi connectivity index (χ2v) is 8.37. The molecule has 2 heterocycles. The van der Waals surface area contributed by atoms with Gasteiger partial charge in [0.05, 0.1) is 12.3 Å². The second kappa shape index (κ2) is 9.91. The van der Waals surface area contributed by atoms with Crippen LogP contribution in [0, 0.1) is 13.8 Å². The smallest absolute Gasteiger partial charge is 0.234 e. The molecule has 0 aliphatic carbocycles. The van der Waals surface area contributed by atoms with Crippen LogP contribution in [0.5, 0.6) is 0 Å². The summed E-state index contributed by atoms with van der Waals surface area (Å²) in [4.78, 5) is 26.6. The summed E-state index contributed by atoms with van der Waals surface area (Å²) in [5, 5.41) is 12.3. The van der Waals surface area contributed by atoms with Crippen LogP contribution in [-0.4, -0.2) is 43.8 Å². The molecule has 1 aromatic heterocycles. The van der Waals surface area contributed by atoms with Crippen molar-refractivity contribution in [3.05, 3.63) is 35.2 Å². The number of nitrogens with one attached hydrogen (secondary N) is 1. The van der Waals surface area contributed by atoms with E-state index in [-0.39, 0.29) is 17.6 Å². The van der Waals surface area contributed by atoms with Crippen molar-refractivity contribution in [3.63, 3.8) is 0 Å². The minimum atomic E-state index is -0.0707. The van der Waals surface area contributed by atoms with Gasteiger partial charge >= 0.3 is 0 Å². The number of amides is 2. The molecule has 1 saturated heterocycles. The van der Waals surface area contributed by atoms with Crippen LogP contribution in [0.2, 0.25) is 0 Å². The average Bonchev–Trinajstić information content (AvgIpc) is 2.97. The molecule has 3 rings (SSSR count). The summed E-state index contributed by atoms with van der Waals surface area (Å²) in [6.45, 7) is 7.96. The first-order valence-electron chi connectivity index (χ1n) is 10.2. The van der Waals surface area contributed by atoms with E-state index < -0.39 is 0 Å². The summed E-state index contributed by atoms with van der Waals surface area (Å²) >= 11 is 1.37. The lowest BCUT2D eigenvalue weighted by molar-refractivity contribution is -0.131. The van der Waals surface area contributed by atoms with Crippen molar-refractivity contribution < 1.29 is 9.59 Å². The largest absolute Gasteiger partial charge is 0.335 e. The Kier molecular flexibility index (Phi) is 7.30. The van der Waals surface area contributed by atoms with Gasteiger partial charge in [-0.2, -0.15) is 0 Å². The van der Waals surface area contributed by atoms with Gasteiger partial charge in [-0.3, -0.25) is 9.59 Å². The molecule has 0 saturated carbocycles. The first-order chi connectivity index (χ1) is 14.0. The molecule has 1 aliphatic heterocycles. The Morgan fingerprint density at radius 1 is 1.21 bits per heavy atom. The molecule has 29 heavy (non-hydrogen) atoms. The molecule has 8 heteroatoms. The minimum Gasteiger partial charge on any atom is -0.335 e. The van der Waals surface area contributed by atoms with E-state index in [1.165, 1.54) is 11.8 Å². The quantitative estimate of drug-likeness (QED) is 0.700. The number of carbonyl (C=O) groups excluding carboxylic acids is 2. The number of aromatic nitrogens is 3. The Bertz CT molecular complexity index is 880. The van der Waals surface area contributed by atoms with Crippen molar-refractivity contribution >= 4 is 29.3 Å². The molecule has 1 N–H and O–H groups in total. The normalized spacial score (nSPS) is 14.7. The number of thioether (sulfide) groups is 1. The van der Waals surface area contributed by atoms with Gasteiger partial charge in [-0.25, -0.2) is 0 Å². The van der Waals surface area contributed by atoms with E-state index >= 15 is 0 Å². The van der Waals surface area contributed by atoms with Gasteiger partial charge in [-0.05, 0) is 50.8 Å². The van der Waals surface area contributed by atoms with E-state index in [2.05, 4.69) is 15.5 Å². The van der Waals surface area contributed by atoms with Crippen molar-refractivity contribution in [3.8, 4) is 0 Å². The number of nitrogens with zero attached hydrogens (tertiary/aromatic N) is 4. The van der Waals surface area contributed by atoms with Gasteiger partial charge in [0.2, 0.25) is 11.8 Å². The fourth-order valence-corrected chi connectivity index (χ4v) is 4.24. The SMILES string of the molecule is CCn1c(CN2CCCCCC2=O)nnc1SCC(=O)Nc1cc(C)ccc1C. The van der Waals surface area contributed by atoms with Gasteiger partial charge in [0, 0.05) is 25.2 Å². The number of hydrogen-bond donors (Lipinski definition) is 1. The van der Waals surface area contributed by atoms with Gasteiger partial charge in [0.1, 0.15) is 0 Å². The van der Waals surface area contributed by atoms with Crippen molar-refractivity contribution in [2.24, 2.45) is 0 Å². The fraction of sp³-hybridized carbons (Fsp3) is 0.524. The highest BCUT2D eigenvalue weighted by atomic mass is 32.2. The number of aryl methyl sites for hydroxylation is 2. The Morgan fingerprint density at radius 2 is 2.03 bits per heavy atom. The standard InChI is InChI=1S/C21H29N5O2S/c1-4-26-18(13-25-11-7-5-6-8-20(25)28)23-24-21(26)29-14-19(27)22-17-12-15(2)9-10-16(17)3/h9-10,12H,4-8,11,13-14H2,1-3H3,(H,22,27). The van der Waals surface area contributed by atoms with Crippen molar-refractivity contribution in [2.45, 2.75) is 64.7 Å². The molecule has 7 nitrogen and oxygen atoms in total. The van der Waals surface area contributed by atoms with Crippen LogP contribution in [0.3, 0.4) is 0 Å². The van der Waals surface area contributed by atoms with E-state index in [0.717, 1.165) is 48.4 Å². The minimum absolute atomic E-state index is 0.0707. The second-order valence-electron chi connectivity index (χ2n) is 7.42. The monoisotopic (exact) mass is 415 g/mol. The number of carbonyl (C=O) groups is 2. The molecule has 2 amide bonds. The summed E-state index contributed by atoms with van der Waals surface area (Å²) in [5.41, 5.74) is 2.99. The molecule has 1 aromatic carbocycles. The molecule has 2 aromatic rings. The van der Waals surface area contributed by atoms with E-state index in [0.29, 0.717) is 24.7 Å². The highest BCUT2D eigenvalue weighted by molar-refractivity contribution is 7.99. The molecule has 1 aliphatic rings. The lowest BCUT2D eigenvalue weighted by Crippen LogP contribution is -2.31. The molecule has 1 fully saturated rings. The zero-order chi connectivity index (χ0) is 20.8. The van der Waals surface area contributed by atoms with Crippen LogP contribution in [0.1, 0.15) is 49.6 Å². The number of benzene rings is 1. The third-order valence-corrected chi connectivity index (χ3v) is 6.08. The predicted molar refractivity (Wildman–Crippen MR) is 115 cm³/mol. The lowest BCUT2D eigenvalue weighted by atomic mass is 10.1. The topological polar surface area (TPSA) is 80.1 Å². The number of hydrogen-bond acceptors (Lipinski definition) is 5. The van der Waals surface area contributed by atoms with Crippen molar-refractivity contribution in [1.82, 2.24) is 19.7 Å². The molecule has 0 atom stereocenters. The Morgan fingerprint density at radius 3 is 2.83 bits per heavy atom. The van der Waals surface area contributed by atoms with Crippen LogP contribution in [0.25, 0.3) is 0 Å². The summed E-state index contributed by atoms with van der Waals surface area (Å²) in [5.74, 6) is 1.16. The van der Waals surface area contributed by atoms with Crippen LogP contribution in [0.15, 0.2) is 23.4 Å². The van der Waals surface area contributed by atoms with Crippen LogP contribution < -0.4 is 5.32 Å². The van der Waals surface area contributed by atoms with Crippen LogP contribution in [0.4, 0.5) is 5.69 Å². The summed E-state index contributed by atoms with van der Waals surface area (Å²) in [6.07, 6.45) is 3.71. The van der Waals surface area contributed by atoms with Gasteiger partial charge in [0.25, 0.3) is 0 Å². The number of rotatable bonds is 7. The van der Waals surface area contributed by atoms with Crippen LogP contribution in [-0.2, 0) is 22.7 Å². The number of anilines is 1. The molecule has 0 spiro atoms. The average molecular weight is 416 g/mol. The highest BCUT2D eigenvalue weighted by Gasteiger charge is 2.21. The van der Waals surface area contributed by atoms with Gasteiger partial charge in [-0.1, -0.05) is 30.3 Å². The first kappa shape index (κ1) is 21.4. The zero-order valence-electron chi connectivity index (χ0n) is 17.4. The van der Waals surface area contributed by atoms with Crippen LogP contribution >= 0.6 is 11.8 Å². The summed E-state index contributed by atoms with van der Waals surface area (Å²) in [7, 11) is 0. The molecular weight excluding hydrogens is 386 g/mol. The lowest BCUT2D eigenvalue weighted by Gasteiger charge is -2.20. The van der Waals surface area contributed by atoms with Gasteiger partial charge in [0.15, 0.2) is 11.0 Å². The highest BCUT2D eigenvalue weighted by Crippen LogP contribution is 2.21. The summed E-state index contributed by atoms with van der Waals surface area (Å²) in [6, 6.07) is 6.00. The zero-order valence-corrected chi connectivity index (χ0v) is 18.2. The van der Waals surface area contributed by atoms with Gasteiger partial charge < -0.3 is 14.8 Å². The molecule has 0 unspecified atom stereocenters. The van der Waals surface area contributed by atoms with Gasteiger partial charge in [-0.15, -0.1) is 10.2 Å². The Labute approximate surface area is 176 Å². The summed E-state index contributed by atoms with van der Waals surface area (Å²) < 4.78 is 1.99.